The molecular weight excluding hydrogens is 343 g/mol. The summed E-state index contributed by atoms with van der Waals surface area (Å²) in [6, 6.07) is 7.81. The number of nitrogens with zero attached hydrogens (tertiary/aromatic N) is 3. The number of aromatic nitrogens is 3. The lowest BCUT2D eigenvalue weighted by atomic mass is 10.1. The molecule has 0 aliphatic heterocycles. The molecule has 3 rings (SSSR count). The van der Waals surface area contributed by atoms with Gasteiger partial charge in [-0.2, -0.15) is 5.10 Å². The minimum Gasteiger partial charge on any atom is -0.300 e. The Morgan fingerprint density at radius 3 is 2.60 bits per heavy atom. The van der Waals surface area contributed by atoms with Crippen molar-refractivity contribution in [3.8, 4) is 11.3 Å². The molecule has 1 N–H and O–H groups in total. The van der Waals surface area contributed by atoms with Gasteiger partial charge in [-0.3, -0.25) is 9.59 Å². The Morgan fingerprint density at radius 2 is 1.96 bits per heavy atom. The Labute approximate surface area is 147 Å². The van der Waals surface area contributed by atoms with Gasteiger partial charge in [-0.25, -0.2) is 14.1 Å². The molecule has 1 aromatic carbocycles. The quantitative estimate of drug-likeness (QED) is 0.778. The molecule has 0 spiro atoms. The first kappa shape index (κ1) is 17.0. The van der Waals surface area contributed by atoms with Crippen molar-refractivity contribution in [3.63, 3.8) is 0 Å². The molecule has 0 aliphatic rings. The SMILES string of the molecule is Cc1csc(NC(=O)C(C)n2nc(-c3ccc(F)cc3)ccc2=O)n1. The molecule has 0 saturated carbocycles. The second-order valence-corrected chi connectivity index (χ2v) is 6.33. The van der Waals surface area contributed by atoms with Gasteiger partial charge < -0.3 is 5.32 Å². The van der Waals surface area contributed by atoms with Crippen LogP contribution >= 0.6 is 11.3 Å². The minimum atomic E-state index is -0.822. The third kappa shape index (κ3) is 3.80. The first-order valence-corrected chi connectivity index (χ1v) is 8.41. The number of amides is 1. The van der Waals surface area contributed by atoms with Crippen LogP contribution in [0.25, 0.3) is 11.3 Å². The van der Waals surface area contributed by atoms with E-state index in [4.69, 9.17) is 0 Å². The molecule has 128 valence electrons. The number of hydrogen-bond acceptors (Lipinski definition) is 5. The minimum absolute atomic E-state index is 0.358. The highest BCUT2D eigenvalue weighted by Crippen LogP contribution is 2.18. The number of carbonyl (C=O) groups is 1. The van der Waals surface area contributed by atoms with Crippen molar-refractivity contribution in [1.29, 1.82) is 0 Å². The Hall–Kier alpha value is -2.87. The van der Waals surface area contributed by atoms with E-state index in [0.29, 0.717) is 16.4 Å². The van der Waals surface area contributed by atoms with Gasteiger partial charge in [0.05, 0.1) is 11.4 Å². The van der Waals surface area contributed by atoms with Crippen LogP contribution in [0, 0.1) is 12.7 Å². The van der Waals surface area contributed by atoms with Crippen LogP contribution in [-0.2, 0) is 4.79 Å². The Kier molecular flexibility index (Phi) is 4.71. The monoisotopic (exact) mass is 358 g/mol. The van der Waals surface area contributed by atoms with Gasteiger partial charge >= 0.3 is 0 Å². The van der Waals surface area contributed by atoms with Crippen LogP contribution in [-0.4, -0.2) is 20.7 Å². The number of benzene rings is 1. The maximum atomic E-state index is 13.1. The Balaban J connectivity index is 1.87. The average Bonchev–Trinajstić information content (AvgIpc) is 3.00. The molecule has 25 heavy (non-hydrogen) atoms. The zero-order valence-electron chi connectivity index (χ0n) is 13.6. The number of hydrogen-bond donors (Lipinski definition) is 1. The molecule has 0 bridgehead atoms. The van der Waals surface area contributed by atoms with E-state index in [1.807, 2.05) is 12.3 Å². The summed E-state index contributed by atoms with van der Waals surface area (Å²) in [6.45, 7) is 3.41. The number of carbonyl (C=O) groups excluding carboxylic acids is 1. The van der Waals surface area contributed by atoms with Gasteiger partial charge in [-0.15, -0.1) is 11.3 Å². The van der Waals surface area contributed by atoms with Gasteiger partial charge in [0, 0.05) is 17.0 Å². The lowest BCUT2D eigenvalue weighted by molar-refractivity contribution is -0.119. The van der Waals surface area contributed by atoms with Gasteiger partial charge in [-0.05, 0) is 44.2 Å². The Morgan fingerprint density at radius 1 is 1.24 bits per heavy atom. The summed E-state index contributed by atoms with van der Waals surface area (Å²) >= 11 is 1.31. The van der Waals surface area contributed by atoms with Crippen LogP contribution in [0.15, 0.2) is 46.6 Å². The number of rotatable bonds is 4. The maximum Gasteiger partial charge on any atom is 0.267 e. The molecule has 2 heterocycles. The van der Waals surface area contributed by atoms with Crippen LogP contribution < -0.4 is 10.9 Å². The van der Waals surface area contributed by atoms with E-state index in [9.17, 15) is 14.0 Å². The molecule has 1 atom stereocenters. The third-order valence-electron chi connectivity index (χ3n) is 3.56. The largest absolute Gasteiger partial charge is 0.300 e. The van der Waals surface area contributed by atoms with E-state index in [-0.39, 0.29) is 11.7 Å². The fourth-order valence-corrected chi connectivity index (χ4v) is 2.90. The molecule has 3 aromatic rings. The van der Waals surface area contributed by atoms with Crippen LogP contribution in [0.2, 0.25) is 0 Å². The lowest BCUT2D eigenvalue weighted by Gasteiger charge is -2.14. The van der Waals surface area contributed by atoms with Gasteiger partial charge in [0.2, 0.25) is 0 Å². The van der Waals surface area contributed by atoms with Gasteiger partial charge in [0.1, 0.15) is 11.9 Å². The molecule has 1 amide bonds. The first-order chi connectivity index (χ1) is 11.9. The van der Waals surface area contributed by atoms with Crippen molar-refractivity contribution in [2.75, 3.05) is 5.32 Å². The van der Waals surface area contributed by atoms with E-state index in [1.54, 1.807) is 25.1 Å². The number of anilines is 1. The van der Waals surface area contributed by atoms with E-state index >= 15 is 0 Å². The lowest BCUT2D eigenvalue weighted by Crippen LogP contribution is -2.33. The predicted octanol–water partition coefficient (Wildman–Crippen LogP) is 3.01. The standard InChI is InChI=1S/C17H15FN4O2S/c1-10-9-25-17(19-10)20-16(24)11(2)22-15(23)8-7-14(21-22)12-3-5-13(18)6-4-12/h3-9,11H,1-2H3,(H,19,20,24). The smallest absolute Gasteiger partial charge is 0.267 e. The number of aryl methyl sites for hydroxylation is 1. The van der Waals surface area contributed by atoms with Gasteiger partial charge in [0.25, 0.3) is 11.5 Å². The van der Waals surface area contributed by atoms with E-state index in [0.717, 1.165) is 10.4 Å². The van der Waals surface area contributed by atoms with Crippen molar-refractivity contribution >= 4 is 22.4 Å². The second-order valence-electron chi connectivity index (χ2n) is 5.47. The number of halogens is 1. The van der Waals surface area contributed by atoms with Crippen molar-refractivity contribution in [2.45, 2.75) is 19.9 Å². The van der Waals surface area contributed by atoms with Crippen molar-refractivity contribution < 1.29 is 9.18 Å². The Bertz CT molecular complexity index is 965. The highest BCUT2D eigenvalue weighted by molar-refractivity contribution is 7.13. The third-order valence-corrected chi connectivity index (χ3v) is 4.44. The summed E-state index contributed by atoms with van der Waals surface area (Å²) in [5.41, 5.74) is 1.54. The summed E-state index contributed by atoms with van der Waals surface area (Å²) in [7, 11) is 0. The summed E-state index contributed by atoms with van der Waals surface area (Å²) in [5, 5.41) is 9.21. The fraction of sp³-hybridized carbons (Fsp3) is 0.176. The van der Waals surface area contributed by atoms with E-state index in [2.05, 4.69) is 15.4 Å². The van der Waals surface area contributed by atoms with Crippen molar-refractivity contribution in [2.24, 2.45) is 0 Å². The summed E-state index contributed by atoms with van der Waals surface area (Å²) in [6.07, 6.45) is 0. The van der Waals surface area contributed by atoms with E-state index < -0.39 is 11.6 Å². The zero-order chi connectivity index (χ0) is 18.0. The molecule has 2 aromatic heterocycles. The number of thiazole rings is 1. The van der Waals surface area contributed by atoms with Crippen LogP contribution in [0.1, 0.15) is 18.7 Å². The summed E-state index contributed by atoms with van der Waals surface area (Å²) < 4.78 is 14.2. The second kappa shape index (κ2) is 6.94. The molecule has 6 nitrogen and oxygen atoms in total. The van der Waals surface area contributed by atoms with E-state index in [1.165, 1.54) is 29.5 Å². The van der Waals surface area contributed by atoms with Crippen molar-refractivity contribution in [3.05, 3.63) is 63.6 Å². The van der Waals surface area contributed by atoms with Crippen LogP contribution in [0.3, 0.4) is 0 Å². The predicted molar refractivity (Wildman–Crippen MR) is 94.1 cm³/mol. The van der Waals surface area contributed by atoms with Gasteiger partial charge in [0.15, 0.2) is 5.13 Å². The molecule has 0 radical (unpaired) electrons. The molecule has 0 fully saturated rings. The summed E-state index contributed by atoms with van der Waals surface area (Å²) in [5.74, 6) is -0.747. The molecule has 0 saturated heterocycles. The maximum absolute atomic E-state index is 13.1. The fourth-order valence-electron chi connectivity index (χ4n) is 2.21. The first-order valence-electron chi connectivity index (χ1n) is 7.53. The molecule has 1 unspecified atom stereocenters. The summed E-state index contributed by atoms with van der Waals surface area (Å²) in [4.78, 5) is 28.6. The molecule has 0 aliphatic carbocycles. The highest BCUT2D eigenvalue weighted by Gasteiger charge is 2.19. The number of nitrogens with one attached hydrogen (secondary N) is 1. The normalized spacial score (nSPS) is 12.0. The van der Waals surface area contributed by atoms with Crippen LogP contribution in [0.4, 0.5) is 9.52 Å². The molecule has 8 heteroatoms. The topological polar surface area (TPSA) is 76.9 Å². The zero-order valence-corrected chi connectivity index (χ0v) is 14.4. The molecular formula is C17H15FN4O2S. The van der Waals surface area contributed by atoms with Crippen molar-refractivity contribution in [1.82, 2.24) is 14.8 Å². The van der Waals surface area contributed by atoms with Crippen LogP contribution in [0.5, 0.6) is 0 Å². The average molecular weight is 358 g/mol. The van der Waals surface area contributed by atoms with Gasteiger partial charge in [-0.1, -0.05) is 0 Å². The highest BCUT2D eigenvalue weighted by atomic mass is 32.1.